The van der Waals surface area contributed by atoms with Gasteiger partial charge in [-0.05, 0) is 30.2 Å². The van der Waals surface area contributed by atoms with Gasteiger partial charge < -0.3 is 14.4 Å². The highest BCUT2D eigenvalue weighted by Gasteiger charge is 2.30. The van der Waals surface area contributed by atoms with Crippen LogP contribution in [0.25, 0.3) is 0 Å². The minimum atomic E-state index is -4.35. The minimum absolute atomic E-state index is 0.115. The summed E-state index contributed by atoms with van der Waals surface area (Å²) in [5.41, 5.74) is -0.697. The molecule has 1 aromatic carbocycles. The molecule has 0 saturated carbocycles. The number of benzene rings is 1. The van der Waals surface area contributed by atoms with E-state index in [9.17, 15) is 18.0 Å². The van der Waals surface area contributed by atoms with Crippen LogP contribution < -0.4 is 4.74 Å². The Balaban J connectivity index is 1.79. The Hall–Kier alpha value is -1.92. The van der Waals surface area contributed by atoms with Crippen LogP contribution in [-0.4, -0.2) is 36.8 Å². The zero-order chi connectivity index (χ0) is 17.7. The normalized spacial score (nSPS) is 16.3. The Labute approximate surface area is 139 Å². The number of ether oxygens (including phenoxy) is 2. The molecule has 0 unspecified atom stereocenters. The van der Waals surface area contributed by atoms with Gasteiger partial charge in [0.15, 0.2) is 0 Å². The van der Waals surface area contributed by atoms with Crippen molar-refractivity contribution >= 4 is 6.09 Å². The molecule has 1 amide bonds. The third kappa shape index (κ3) is 5.32. The van der Waals surface area contributed by atoms with E-state index in [1.54, 1.807) is 4.90 Å². The molecule has 0 aromatic heterocycles. The number of nitrogens with zero attached hydrogens (tertiary/aromatic N) is 1. The fourth-order valence-electron chi connectivity index (χ4n) is 2.40. The summed E-state index contributed by atoms with van der Waals surface area (Å²) >= 11 is 0. The number of rotatable bonds is 4. The maximum Gasteiger partial charge on any atom is 0.416 e. The van der Waals surface area contributed by atoms with Crippen molar-refractivity contribution in [2.24, 2.45) is 5.92 Å². The first kappa shape index (κ1) is 18.4. The van der Waals surface area contributed by atoms with Crippen LogP contribution in [-0.2, 0) is 10.9 Å². The molecule has 134 valence electrons. The standard InChI is InChI=1S/C17H22F3NO3/c1-12(2)11-23-16(22)21-9-7-15(8-10-21)24-14-5-3-13(4-6-14)17(18,19)20/h3-6,12,15H,7-11H2,1-2H3. The lowest BCUT2D eigenvalue weighted by molar-refractivity contribution is -0.137. The Kier molecular flexibility index (Phi) is 5.96. The van der Waals surface area contributed by atoms with Crippen LogP contribution in [0, 0.1) is 5.92 Å². The van der Waals surface area contributed by atoms with Crippen LogP contribution in [0.4, 0.5) is 18.0 Å². The largest absolute Gasteiger partial charge is 0.490 e. The molecule has 0 atom stereocenters. The van der Waals surface area contributed by atoms with Gasteiger partial charge in [-0.15, -0.1) is 0 Å². The van der Waals surface area contributed by atoms with Crippen LogP contribution >= 0.6 is 0 Å². The highest BCUT2D eigenvalue weighted by Crippen LogP contribution is 2.30. The van der Waals surface area contributed by atoms with Crippen LogP contribution in [0.15, 0.2) is 24.3 Å². The number of amides is 1. The molecule has 2 rings (SSSR count). The molecular weight excluding hydrogens is 323 g/mol. The van der Waals surface area contributed by atoms with Gasteiger partial charge in [-0.2, -0.15) is 13.2 Å². The quantitative estimate of drug-likeness (QED) is 0.815. The zero-order valence-corrected chi connectivity index (χ0v) is 13.8. The number of halogens is 3. The summed E-state index contributed by atoms with van der Waals surface area (Å²) in [6.45, 7) is 5.36. The minimum Gasteiger partial charge on any atom is -0.490 e. The van der Waals surface area contributed by atoms with Crippen molar-refractivity contribution in [3.05, 3.63) is 29.8 Å². The predicted molar refractivity (Wildman–Crippen MR) is 82.9 cm³/mol. The second kappa shape index (κ2) is 7.77. The number of carbonyl (C=O) groups excluding carboxylic acids is 1. The highest BCUT2D eigenvalue weighted by molar-refractivity contribution is 5.67. The average Bonchev–Trinajstić information content (AvgIpc) is 2.53. The molecule has 0 spiro atoms. The molecule has 1 aromatic rings. The first-order chi connectivity index (χ1) is 11.3. The summed E-state index contributed by atoms with van der Waals surface area (Å²) in [6, 6.07) is 4.67. The van der Waals surface area contributed by atoms with E-state index in [2.05, 4.69) is 0 Å². The lowest BCUT2D eigenvalue weighted by atomic mass is 10.1. The third-order valence-corrected chi connectivity index (χ3v) is 3.72. The van der Waals surface area contributed by atoms with E-state index in [-0.39, 0.29) is 18.1 Å². The first-order valence-corrected chi connectivity index (χ1v) is 8.01. The van der Waals surface area contributed by atoms with Gasteiger partial charge in [0, 0.05) is 25.9 Å². The lowest BCUT2D eigenvalue weighted by Gasteiger charge is -2.31. The Morgan fingerprint density at radius 2 is 1.79 bits per heavy atom. The molecule has 4 nitrogen and oxygen atoms in total. The van der Waals surface area contributed by atoms with E-state index < -0.39 is 11.7 Å². The van der Waals surface area contributed by atoms with Crippen molar-refractivity contribution in [1.29, 1.82) is 0 Å². The summed E-state index contributed by atoms with van der Waals surface area (Å²) in [6.07, 6.45) is -3.54. The maximum atomic E-state index is 12.5. The van der Waals surface area contributed by atoms with Gasteiger partial charge in [-0.3, -0.25) is 0 Å². The second-order valence-corrected chi connectivity index (χ2v) is 6.30. The third-order valence-electron chi connectivity index (χ3n) is 3.72. The van der Waals surface area contributed by atoms with Gasteiger partial charge in [0.1, 0.15) is 11.9 Å². The number of likely N-dealkylation sites (tertiary alicyclic amines) is 1. The number of hydrogen-bond acceptors (Lipinski definition) is 3. The molecule has 0 bridgehead atoms. The van der Waals surface area contributed by atoms with Crippen molar-refractivity contribution in [1.82, 2.24) is 4.90 Å². The molecule has 1 saturated heterocycles. The molecule has 0 radical (unpaired) electrons. The van der Waals surface area contributed by atoms with E-state index in [0.29, 0.717) is 38.3 Å². The Bertz CT molecular complexity index is 535. The van der Waals surface area contributed by atoms with Gasteiger partial charge in [-0.25, -0.2) is 4.79 Å². The van der Waals surface area contributed by atoms with E-state index in [0.717, 1.165) is 12.1 Å². The van der Waals surface area contributed by atoms with Gasteiger partial charge >= 0.3 is 12.3 Å². The van der Waals surface area contributed by atoms with E-state index in [1.807, 2.05) is 13.8 Å². The van der Waals surface area contributed by atoms with E-state index >= 15 is 0 Å². The Morgan fingerprint density at radius 1 is 1.21 bits per heavy atom. The zero-order valence-electron chi connectivity index (χ0n) is 13.8. The van der Waals surface area contributed by atoms with Gasteiger partial charge in [0.25, 0.3) is 0 Å². The van der Waals surface area contributed by atoms with Gasteiger partial charge in [0.2, 0.25) is 0 Å². The van der Waals surface area contributed by atoms with Crippen molar-refractivity contribution in [2.45, 2.75) is 39.0 Å². The highest BCUT2D eigenvalue weighted by atomic mass is 19.4. The first-order valence-electron chi connectivity index (χ1n) is 8.01. The van der Waals surface area contributed by atoms with Crippen molar-refractivity contribution in [3.63, 3.8) is 0 Å². The number of alkyl halides is 3. The molecule has 0 aliphatic carbocycles. The lowest BCUT2D eigenvalue weighted by Crippen LogP contribution is -2.42. The van der Waals surface area contributed by atoms with E-state index in [4.69, 9.17) is 9.47 Å². The SMILES string of the molecule is CC(C)COC(=O)N1CCC(Oc2ccc(C(F)(F)F)cc2)CC1. The smallest absolute Gasteiger partial charge is 0.416 e. The number of carbonyl (C=O) groups is 1. The van der Waals surface area contributed by atoms with Crippen LogP contribution in [0.3, 0.4) is 0 Å². The molecular formula is C17H22F3NO3. The second-order valence-electron chi connectivity index (χ2n) is 6.30. The summed E-state index contributed by atoms with van der Waals surface area (Å²) in [5.74, 6) is 0.693. The van der Waals surface area contributed by atoms with Crippen molar-refractivity contribution < 1.29 is 27.4 Å². The molecule has 0 N–H and O–H groups in total. The average molecular weight is 345 g/mol. The van der Waals surface area contributed by atoms with Crippen LogP contribution in [0.5, 0.6) is 5.75 Å². The number of piperidine rings is 1. The van der Waals surface area contributed by atoms with Crippen molar-refractivity contribution in [2.75, 3.05) is 19.7 Å². The summed E-state index contributed by atoms with van der Waals surface area (Å²) in [4.78, 5) is 13.5. The monoisotopic (exact) mass is 345 g/mol. The van der Waals surface area contributed by atoms with Gasteiger partial charge in [0.05, 0.1) is 12.2 Å². The van der Waals surface area contributed by atoms with Crippen LogP contribution in [0.2, 0.25) is 0 Å². The molecule has 7 heteroatoms. The fraction of sp³-hybridized carbons (Fsp3) is 0.588. The summed E-state index contributed by atoms with van der Waals surface area (Å²) in [7, 11) is 0. The fourth-order valence-corrected chi connectivity index (χ4v) is 2.40. The molecule has 1 aliphatic heterocycles. The topological polar surface area (TPSA) is 38.8 Å². The predicted octanol–water partition coefficient (Wildman–Crippen LogP) is 4.34. The molecule has 24 heavy (non-hydrogen) atoms. The molecule has 1 aliphatic rings. The van der Waals surface area contributed by atoms with Crippen molar-refractivity contribution in [3.8, 4) is 5.75 Å². The van der Waals surface area contributed by atoms with Crippen LogP contribution in [0.1, 0.15) is 32.3 Å². The number of hydrogen-bond donors (Lipinski definition) is 0. The maximum absolute atomic E-state index is 12.5. The van der Waals surface area contributed by atoms with E-state index in [1.165, 1.54) is 12.1 Å². The summed E-state index contributed by atoms with van der Waals surface area (Å²) in [5, 5.41) is 0. The summed E-state index contributed by atoms with van der Waals surface area (Å²) < 4.78 is 48.4. The van der Waals surface area contributed by atoms with Gasteiger partial charge in [-0.1, -0.05) is 13.8 Å². The Morgan fingerprint density at radius 3 is 2.29 bits per heavy atom. The molecule has 1 heterocycles. The molecule has 1 fully saturated rings.